The van der Waals surface area contributed by atoms with Crippen molar-refractivity contribution in [2.45, 2.75) is 43.0 Å². The van der Waals surface area contributed by atoms with Gasteiger partial charge in [-0.25, -0.2) is 9.89 Å². The number of nitrogens with one attached hydrogen (secondary N) is 1. The number of hydrogen-bond acceptors (Lipinski definition) is 4. The van der Waals surface area contributed by atoms with Gasteiger partial charge >= 0.3 is 5.69 Å². The first kappa shape index (κ1) is 13.9. The molecule has 19 heavy (non-hydrogen) atoms. The smallest absolute Gasteiger partial charge is 0.343 e. The molecule has 0 saturated carbocycles. The molecule has 1 aromatic carbocycles. The highest BCUT2D eigenvalue weighted by atomic mass is 32.2. The van der Waals surface area contributed by atoms with Crippen LogP contribution in [0, 0.1) is 0 Å². The maximum atomic E-state index is 11.4. The number of nitrogens with zero attached hydrogens (tertiary/aromatic N) is 2. The Labute approximate surface area is 115 Å². The first-order valence-corrected chi connectivity index (χ1v) is 7.08. The Hall–Kier alpha value is -1.53. The van der Waals surface area contributed by atoms with Crippen LogP contribution < -0.4 is 5.69 Å². The lowest BCUT2D eigenvalue weighted by molar-refractivity contribution is 0.173. The van der Waals surface area contributed by atoms with Crippen molar-refractivity contribution in [2.75, 3.05) is 0 Å². The molecule has 2 rings (SSSR count). The van der Waals surface area contributed by atoms with E-state index in [0.29, 0.717) is 18.1 Å². The van der Waals surface area contributed by atoms with Gasteiger partial charge in [0.25, 0.3) is 0 Å². The molecule has 6 heteroatoms. The van der Waals surface area contributed by atoms with Crippen molar-refractivity contribution >= 4 is 11.8 Å². The number of H-pyrrole nitrogens is 1. The van der Waals surface area contributed by atoms with E-state index in [4.69, 9.17) is 0 Å². The second-order valence-corrected chi connectivity index (χ2v) is 5.19. The van der Waals surface area contributed by atoms with E-state index in [1.165, 1.54) is 11.8 Å². The molecule has 102 valence electrons. The molecule has 0 saturated heterocycles. The summed E-state index contributed by atoms with van der Waals surface area (Å²) >= 11 is 1.43. The van der Waals surface area contributed by atoms with Gasteiger partial charge in [0, 0.05) is 11.4 Å². The highest BCUT2D eigenvalue weighted by molar-refractivity contribution is 7.99. The summed E-state index contributed by atoms with van der Waals surface area (Å²) in [6.45, 7) is 4.43. The Morgan fingerprint density at radius 1 is 1.37 bits per heavy atom. The summed E-state index contributed by atoms with van der Waals surface area (Å²) in [5.74, 6) is 0. The number of benzene rings is 1. The van der Waals surface area contributed by atoms with Crippen LogP contribution in [0.1, 0.15) is 31.9 Å². The quantitative estimate of drug-likeness (QED) is 0.880. The fraction of sp³-hybridized carbons (Fsp3) is 0.385. The van der Waals surface area contributed by atoms with Crippen LogP contribution in [0.15, 0.2) is 39.1 Å². The Morgan fingerprint density at radius 2 is 2.05 bits per heavy atom. The van der Waals surface area contributed by atoms with E-state index in [9.17, 15) is 9.90 Å². The van der Waals surface area contributed by atoms with Gasteiger partial charge in [0.1, 0.15) is 0 Å². The summed E-state index contributed by atoms with van der Waals surface area (Å²) in [5, 5.41) is 16.8. The predicted octanol–water partition coefficient (Wildman–Crippen LogP) is 2.19. The Balaban J connectivity index is 2.17. The van der Waals surface area contributed by atoms with Crippen molar-refractivity contribution < 1.29 is 5.11 Å². The van der Waals surface area contributed by atoms with Crippen LogP contribution in [0.25, 0.3) is 0 Å². The SMILES string of the molecule is CCC(O)c1ccc(Sc2n[nH]c(=O)n2CC)cc1. The third-order valence-corrected chi connectivity index (χ3v) is 3.90. The van der Waals surface area contributed by atoms with E-state index in [1.807, 2.05) is 38.1 Å². The number of aliphatic hydroxyl groups excluding tert-OH is 1. The normalized spacial score (nSPS) is 12.6. The minimum absolute atomic E-state index is 0.192. The summed E-state index contributed by atoms with van der Waals surface area (Å²) in [6, 6.07) is 7.66. The van der Waals surface area contributed by atoms with Crippen LogP contribution >= 0.6 is 11.8 Å². The fourth-order valence-electron chi connectivity index (χ4n) is 1.76. The van der Waals surface area contributed by atoms with Gasteiger partial charge in [-0.2, -0.15) is 0 Å². The Morgan fingerprint density at radius 3 is 2.63 bits per heavy atom. The molecular weight excluding hydrogens is 262 g/mol. The van der Waals surface area contributed by atoms with E-state index < -0.39 is 6.10 Å². The number of aromatic amines is 1. The molecule has 0 aliphatic rings. The lowest BCUT2D eigenvalue weighted by Gasteiger charge is -2.08. The van der Waals surface area contributed by atoms with Crippen molar-refractivity contribution in [3.8, 4) is 0 Å². The van der Waals surface area contributed by atoms with Gasteiger partial charge in [-0.15, -0.1) is 5.10 Å². The van der Waals surface area contributed by atoms with Gasteiger partial charge in [-0.1, -0.05) is 19.1 Å². The molecular formula is C13H17N3O2S. The highest BCUT2D eigenvalue weighted by Crippen LogP contribution is 2.26. The lowest BCUT2D eigenvalue weighted by atomic mass is 10.1. The van der Waals surface area contributed by atoms with Gasteiger partial charge in [-0.05, 0) is 42.8 Å². The minimum atomic E-state index is -0.418. The molecule has 0 aliphatic carbocycles. The van der Waals surface area contributed by atoms with Crippen LogP contribution in [0.5, 0.6) is 0 Å². The summed E-state index contributed by atoms with van der Waals surface area (Å²) in [4.78, 5) is 12.4. The lowest BCUT2D eigenvalue weighted by Crippen LogP contribution is -2.15. The highest BCUT2D eigenvalue weighted by Gasteiger charge is 2.09. The third-order valence-electron chi connectivity index (χ3n) is 2.90. The number of rotatable bonds is 5. The Kier molecular flexibility index (Phi) is 4.44. The van der Waals surface area contributed by atoms with Crippen molar-refractivity contribution in [3.63, 3.8) is 0 Å². The zero-order valence-electron chi connectivity index (χ0n) is 11.0. The number of aromatic nitrogens is 3. The van der Waals surface area contributed by atoms with Crippen LogP contribution in [0.3, 0.4) is 0 Å². The molecule has 1 atom stereocenters. The zero-order valence-corrected chi connectivity index (χ0v) is 11.8. The van der Waals surface area contributed by atoms with Crippen LogP contribution in [0.2, 0.25) is 0 Å². The molecule has 0 bridgehead atoms. The predicted molar refractivity (Wildman–Crippen MR) is 74.3 cm³/mol. The van der Waals surface area contributed by atoms with E-state index in [-0.39, 0.29) is 5.69 Å². The molecule has 1 heterocycles. The summed E-state index contributed by atoms with van der Waals surface area (Å²) < 4.78 is 1.58. The molecule has 1 unspecified atom stereocenters. The molecule has 5 nitrogen and oxygen atoms in total. The van der Waals surface area contributed by atoms with Gasteiger partial charge < -0.3 is 5.11 Å². The third kappa shape index (κ3) is 3.08. The maximum Gasteiger partial charge on any atom is 0.343 e. The number of hydrogen-bond donors (Lipinski definition) is 2. The van der Waals surface area contributed by atoms with E-state index >= 15 is 0 Å². The minimum Gasteiger partial charge on any atom is -0.388 e. The van der Waals surface area contributed by atoms with Crippen molar-refractivity contribution in [2.24, 2.45) is 0 Å². The second-order valence-electron chi connectivity index (χ2n) is 4.15. The van der Waals surface area contributed by atoms with Gasteiger partial charge in [0.15, 0.2) is 5.16 Å². The van der Waals surface area contributed by atoms with Crippen molar-refractivity contribution in [3.05, 3.63) is 40.3 Å². The average Bonchev–Trinajstić information content (AvgIpc) is 2.79. The summed E-state index contributed by atoms with van der Waals surface area (Å²) in [7, 11) is 0. The van der Waals surface area contributed by atoms with E-state index in [0.717, 1.165) is 10.5 Å². The van der Waals surface area contributed by atoms with Gasteiger partial charge in [-0.3, -0.25) is 4.57 Å². The molecule has 1 aromatic heterocycles. The molecule has 2 aromatic rings. The maximum absolute atomic E-state index is 11.4. The molecule has 0 aliphatic heterocycles. The van der Waals surface area contributed by atoms with Crippen LogP contribution in [0.4, 0.5) is 0 Å². The summed E-state index contributed by atoms with van der Waals surface area (Å²) in [6.07, 6.45) is 0.277. The molecule has 0 amide bonds. The monoisotopic (exact) mass is 279 g/mol. The fourth-order valence-corrected chi connectivity index (χ4v) is 2.66. The molecule has 0 spiro atoms. The zero-order chi connectivity index (χ0) is 13.8. The topological polar surface area (TPSA) is 70.9 Å². The first-order chi connectivity index (χ1) is 9.15. The van der Waals surface area contributed by atoms with Crippen molar-refractivity contribution in [1.29, 1.82) is 0 Å². The van der Waals surface area contributed by atoms with Crippen LogP contribution in [-0.2, 0) is 6.54 Å². The van der Waals surface area contributed by atoms with Gasteiger partial charge in [0.05, 0.1) is 6.10 Å². The molecule has 0 radical (unpaired) electrons. The average molecular weight is 279 g/mol. The van der Waals surface area contributed by atoms with Gasteiger partial charge in [0.2, 0.25) is 0 Å². The Bertz CT molecular complexity index is 589. The van der Waals surface area contributed by atoms with E-state index in [2.05, 4.69) is 10.2 Å². The first-order valence-electron chi connectivity index (χ1n) is 6.26. The standard InChI is InChI=1S/C13H17N3O2S/c1-3-11(17)9-5-7-10(8-6-9)19-13-15-14-12(18)16(13)4-2/h5-8,11,17H,3-4H2,1-2H3,(H,14,18). The van der Waals surface area contributed by atoms with Crippen molar-refractivity contribution in [1.82, 2.24) is 14.8 Å². The second kappa shape index (κ2) is 6.08. The molecule has 0 fully saturated rings. The molecule has 2 N–H and O–H groups in total. The van der Waals surface area contributed by atoms with Crippen LogP contribution in [-0.4, -0.2) is 19.9 Å². The largest absolute Gasteiger partial charge is 0.388 e. The summed E-state index contributed by atoms with van der Waals surface area (Å²) in [5.41, 5.74) is 0.713. The number of aliphatic hydroxyl groups is 1. The van der Waals surface area contributed by atoms with E-state index in [1.54, 1.807) is 4.57 Å².